The van der Waals surface area contributed by atoms with E-state index in [4.69, 9.17) is 0 Å². The quantitative estimate of drug-likeness (QED) is 0.460. The fourth-order valence-corrected chi connectivity index (χ4v) is 3.78. The van der Waals surface area contributed by atoms with Crippen LogP contribution in [-0.2, 0) is 7.05 Å². The number of phenolic OH excluding ortho intramolecular Hbond substituents is 1. The highest BCUT2D eigenvalue weighted by Gasteiger charge is 2.16. The lowest BCUT2D eigenvalue weighted by Gasteiger charge is -2.11. The minimum atomic E-state index is -0.357. The molecule has 3 N–H and O–H groups in total. The highest BCUT2D eigenvalue weighted by molar-refractivity contribution is 7.17. The first-order valence-electron chi connectivity index (χ1n) is 8.79. The fourth-order valence-electron chi connectivity index (χ4n) is 3.07. The molecular weight excluding hydrogens is 393 g/mol. The average molecular weight is 411 g/mol. The van der Waals surface area contributed by atoms with E-state index in [1.54, 1.807) is 36.9 Å². The Morgan fingerprint density at radius 2 is 2.03 bits per heavy atom. The molecule has 0 fully saturated rings. The molecule has 2 aromatic heterocycles. The van der Waals surface area contributed by atoms with Crippen molar-refractivity contribution in [2.24, 2.45) is 7.05 Å². The number of nitrogens with zero attached hydrogens (tertiary/aromatic N) is 3. The minimum absolute atomic E-state index is 0.117. The van der Waals surface area contributed by atoms with E-state index in [1.165, 1.54) is 18.3 Å². The Bertz CT molecular complexity index is 1250. The zero-order valence-electron chi connectivity index (χ0n) is 15.9. The van der Waals surface area contributed by atoms with Crippen LogP contribution in [0.1, 0.15) is 20.8 Å². The number of aryl methyl sites for hydroxylation is 2. The van der Waals surface area contributed by atoms with E-state index in [-0.39, 0.29) is 17.5 Å². The normalized spacial score (nSPS) is 11.0. The van der Waals surface area contributed by atoms with Crippen LogP contribution in [0, 0.1) is 19.7 Å². The van der Waals surface area contributed by atoms with Gasteiger partial charge in [0.2, 0.25) is 0 Å². The molecule has 0 aliphatic rings. The third-order valence-electron chi connectivity index (χ3n) is 4.65. The van der Waals surface area contributed by atoms with E-state index in [1.807, 2.05) is 6.92 Å². The number of thiazole rings is 1. The molecule has 0 aliphatic heterocycles. The van der Waals surface area contributed by atoms with Gasteiger partial charge in [-0.2, -0.15) is 5.10 Å². The molecule has 4 aromatic rings. The van der Waals surface area contributed by atoms with Gasteiger partial charge in [-0.3, -0.25) is 9.48 Å². The minimum Gasteiger partial charge on any atom is -0.508 e. The van der Waals surface area contributed by atoms with Crippen molar-refractivity contribution in [3.63, 3.8) is 0 Å². The number of carbonyl (C=O) groups excluding carboxylic acids is 1. The van der Waals surface area contributed by atoms with Gasteiger partial charge in [0, 0.05) is 18.0 Å². The lowest BCUT2D eigenvalue weighted by atomic mass is 10.1. The first-order chi connectivity index (χ1) is 13.8. The van der Waals surface area contributed by atoms with Crippen molar-refractivity contribution in [2.75, 3.05) is 10.6 Å². The molecule has 148 valence electrons. The summed E-state index contributed by atoms with van der Waals surface area (Å²) in [6, 6.07) is 7.77. The Morgan fingerprint density at radius 1 is 1.24 bits per heavy atom. The molecule has 4 rings (SSSR count). The number of halogens is 1. The van der Waals surface area contributed by atoms with Gasteiger partial charge in [0.25, 0.3) is 5.91 Å². The van der Waals surface area contributed by atoms with Gasteiger partial charge in [-0.05, 0) is 43.7 Å². The van der Waals surface area contributed by atoms with Gasteiger partial charge in [0.15, 0.2) is 10.9 Å². The number of benzene rings is 2. The number of carbonyl (C=O) groups is 1. The summed E-state index contributed by atoms with van der Waals surface area (Å²) in [5, 5.41) is 21.2. The number of aromatic hydroxyl groups is 1. The van der Waals surface area contributed by atoms with Gasteiger partial charge in [-0.25, -0.2) is 9.37 Å². The number of fused-ring (bicyclic) bond motifs is 1. The van der Waals surface area contributed by atoms with Crippen LogP contribution in [0.2, 0.25) is 0 Å². The van der Waals surface area contributed by atoms with Crippen LogP contribution in [0.25, 0.3) is 10.9 Å². The van der Waals surface area contributed by atoms with E-state index in [0.717, 1.165) is 22.4 Å². The van der Waals surface area contributed by atoms with Crippen molar-refractivity contribution in [1.82, 2.24) is 14.8 Å². The second-order valence-electron chi connectivity index (χ2n) is 6.64. The molecule has 9 heteroatoms. The zero-order chi connectivity index (χ0) is 20.7. The van der Waals surface area contributed by atoms with E-state index >= 15 is 0 Å². The summed E-state index contributed by atoms with van der Waals surface area (Å²) < 4.78 is 15.3. The van der Waals surface area contributed by atoms with Gasteiger partial charge < -0.3 is 15.7 Å². The van der Waals surface area contributed by atoms with Crippen LogP contribution < -0.4 is 10.6 Å². The maximum atomic E-state index is 13.6. The Labute approximate surface area is 169 Å². The van der Waals surface area contributed by atoms with Crippen LogP contribution in [0.3, 0.4) is 0 Å². The van der Waals surface area contributed by atoms with Crippen molar-refractivity contribution in [3.8, 4) is 5.75 Å². The van der Waals surface area contributed by atoms with Crippen molar-refractivity contribution in [1.29, 1.82) is 0 Å². The fraction of sp³-hybridized carbons (Fsp3) is 0.150. The summed E-state index contributed by atoms with van der Waals surface area (Å²) in [5.74, 6) is -0.108. The first-order valence-corrected chi connectivity index (χ1v) is 9.61. The molecule has 7 nitrogen and oxygen atoms in total. The third kappa shape index (κ3) is 3.52. The molecule has 0 unspecified atom stereocenters. The smallest absolute Gasteiger partial charge is 0.267 e. The summed E-state index contributed by atoms with van der Waals surface area (Å²) in [5.41, 5.74) is 2.80. The predicted molar refractivity (Wildman–Crippen MR) is 112 cm³/mol. The van der Waals surface area contributed by atoms with Crippen LogP contribution in [0.15, 0.2) is 36.5 Å². The Morgan fingerprint density at radius 3 is 2.83 bits per heavy atom. The monoisotopic (exact) mass is 411 g/mol. The van der Waals surface area contributed by atoms with Gasteiger partial charge in [0.05, 0.1) is 17.4 Å². The Balaban J connectivity index is 1.57. The summed E-state index contributed by atoms with van der Waals surface area (Å²) in [6.45, 7) is 3.59. The molecule has 0 radical (unpaired) electrons. The molecule has 29 heavy (non-hydrogen) atoms. The molecule has 2 heterocycles. The van der Waals surface area contributed by atoms with Crippen molar-refractivity contribution in [2.45, 2.75) is 13.8 Å². The van der Waals surface area contributed by atoms with Crippen molar-refractivity contribution >= 4 is 44.8 Å². The van der Waals surface area contributed by atoms with Crippen molar-refractivity contribution in [3.05, 3.63) is 58.3 Å². The number of anilines is 3. The number of rotatable bonds is 4. The highest BCUT2D eigenvalue weighted by atomic mass is 32.1. The van der Waals surface area contributed by atoms with Crippen LogP contribution >= 0.6 is 11.3 Å². The molecule has 1 amide bonds. The van der Waals surface area contributed by atoms with Crippen LogP contribution in [0.5, 0.6) is 5.75 Å². The Kier molecular flexibility index (Phi) is 4.67. The third-order valence-corrected chi connectivity index (χ3v) is 5.56. The molecule has 2 aromatic carbocycles. The van der Waals surface area contributed by atoms with Crippen LogP contribution in [-0.4, -0.2) is 25.8 Å². The standard InChI is InChI=1S/C20H18FN5O2S/c1-10-4-7-15(27)11(2)17(10)23-19(28)16-9-22-20(29-16)24-18-13-8-12(21)5-6-14(13)26(3)25-18/h4-9,27H,1-3H3,(H,23,28)(H,22,24,25). The maximum Gasteiger partial charge on any atom is 0.267 e. The Hall–Kier alpha value is -3.46. The number of phenols is 1. The lowest BCUT2D eigenvalue weighted by Crippen LogP contribution is -2.12. The van der Waals surface area contributed by atoms with Gasteiger partial charge in [-0.1, -0.05) is 17.4 Å². The number of hydrogen-bond donors (Lipinski definition) is 3. The molecule has 0 bridgehead atoms. The topological polar surface area (TPSA) is 92.1 Å². The summed E-state index contributed by atoms with van der Waals surface area (Å²) in [7, 11) is 1.77. The van der Waals surface area contributed by atoms with Gasteiger partial charge in [-0.15, -0.1) is 0 Å². The van der Waals surface area contributed by atoms with Crippen LogP contribution in [0.4, 0.5) is 21.0 Å². The molecule has 0 saturated heterocycles. The maximum absolute atomic E-state index is 13.6. The molecule has 0 atom stereocenters. The number of aromatic nitrogens is 3. The van der Waals surface area contributed by atoms with Gasteiger partial charge >= 0.3 is 0 Å². The number of nitrogens with one attached hydrogen (secondary N) is 2. The SMILES string of the molecule is Cc1ccc(O)c(C)c1NC(=O)c1cnc(Nc2nn(C)c3ccc(F)cc23)s1. The van der Waals surface area contributed by atoms with E-state index in [0.29, 0.717) is 32.5 Å². The highest BCUT2D eigenvalue weighted by Crippen LogP contribution is 2.31. The molecular formula is C20H18FN5O2S. The van der Waals surface area contributed by atoms with Gasteiger partial charge in [0.1, 0.15) is 16.4 Å². The first kappa shape index (κ1) is 18.9. The van der Waals surface area contributed by atoms with E-state index in [2.05, 4.69) is 20.7 Å². The zero-order valence-corrected chi connectivity index (χ0v) is 16.8. The molecule has 0 aliphatic carbocycles. The van der Waals surface area contributed by atoms with Crippen molar-refractivity contribution < 1.29 is 14.3 Å². The largest absolute Gasteiger partial charge is 0.508 e. The molecule has 0 spiro atoms. The van der Waals surface area contributed by atoms with E-state index in [9.17, 15) is 14.3 Å². The summed E-state index contributed by atoms with van der Waals surface area (Å²) in [4.78, 5) is 17.3. The number of hydrogen-bond acceptors (Lipinski definition) is 6. The molecule has 0 saturated carbocycles. The summed E-state index contributed by atoms with van der Waals surface area (Å²) in [6.07, 6.45) is 1.46. The second kappa shape index (κ2) is 7.17. The summed E-state index contributed by atoms with van der Waals surface area (Å²) >= 11 is 1.15. The van der Waals surface area contributed by atoms with E-state index < -0.39 is 0 Å². The lowest BCUT2D eigenvalue weighted by molar-refractivity contribution is 0.103. The number of amides is 1. The second-order valence-corrected chi connectivity index (χ2v) is 7.67. The predicted octanol–water partition coefficient (Wildman–Crippen LogP) is 4.49. The average Bonchev–Trinajstić information content (AvgIpc) is 3.27.